The molecule has 3 atom stereocenters. The Morgan fingerprint density at radius 2 is 1.78 bits per heavy atom. The minimum Gasteiger partial charge on any atom is -0.389 e. The Morgan fingerprint density at radius 3 is 2.57 bits per heavy atom. The summed E-state index contributed by atoms with van der Waals surface area (Å²) < 4.78 is 32.2. The molecule has 0 amide bonds. The van der Waals surface area contributed by atoms with Crippen LogP contribution in [0.1, 0.15) is 0 Å². The molecule has 0 radical (unpaired) electrons. The van der Waals surface area contributed by atoms with E-state index in [0.29, 0.717) is 5.39 Å². The molecule has 0 aliphatic carbocycles. The van der Waals surface area contributed by atoms with Crippen LogP contribution >= 0.6 is 0 Å². The third-order valence-electron chi connectivity index (χ3n) is 4.24. The monoisotopic (exact) mass is 337 g/mol. The lowest BCUT2D eigenvalue weighted by molar-refractivity contribution is -0.116. The van der Waals surface area contributed by atoms with Crippen molar-refractivity contribution in [3.05, 3.63) is 42.5 Å². The van der Waals surface area contributed by atoms with Crippen LogP contribution in [0.4, 0.5) is 0 Å². The number of fused-ring (bicyclic) bond motifs is 1. The van der Waals surface area contributed by atoms with Crippen molar-refractivity contribution >= 4 is 20.8 Å². The molecule has 2 aromatic carbocycles. The van der Waals surface area contributed by atoms with Crippen molar-refractivity contribution in [1.29, 1.82) is 0 Å². The van der Waals surface area contributed by atoms with Crippen molar-refractivity contribution in [3.63, 3.8) is 0 Å². The number of likely N-dealkylation sites (N-methyl/N-ethyl adjacent to an activating group) is 1. The van der Waals surface area contributed by atoms with Gasteiger partial charge in [0.05, 0.1) is 24.2 Å². The topological polar surface area (TPSA) is 87.1 Å². The SMILES string of the molecule is CN([C@@H]1COC[C@@H](O)[C@H]1O)S(=O)(=O)c1cccc2ccccc12. The Morgan fingerprint density at radius 1 is 1.09 bits per heavy atom. The number of sulfonamides is 1. The highest BCUT2D eigenvalue weighted by Crippen LogP contribution is 2.27. The first-order valence-electron chi connectivity index (χ1n) is 7.32. The van der Waals surface area contributed by atoms with Crippen LogP contribution in [-0.4, -0.2) is 61.4 Å². The van der Waals surface area contributed by atoms with Gasteiger partial charge in [0.2, 0.25) is 10.0 Å². The van der Waals surface area contributed by atoms with E-state index in [1.165, 1.54) is 7.05 Å². The molecule has 2 N–H and O–H groups in total. The molecule has 0 aromatic heterocycles. The number of rotatable bonds is 3. The Bertz CT molecular complexity index is 802. The van der Waals surface area contributed by atoms with E-state index in [0.717, 1.165) is 9.69 Å². The van der Waals surface area contributed by atoms with Gasteiger partial charge in [-0.05, 0) is 11.5 Å². The van der Waals surface area contributed by atoms with Gasteiger partial charge in [0.15, 0.2) is 0 Å². The van der Waals surface area contributed by atoms with E-state index in [4.69, 9.17) is 4.74 Å². The number of aliphatic hydroxyl groups is 2. The van der Waals surface area contributed by atoms with E-state index in [2.05, 4.69) is 0 Å². The molecule has 0 spiro atoms. The van der Waals surface area contributed by atoms with E-state index in [1.807, 2.05) is 18.2 Å². The van der Waals surface area contributed by atoms with Crippen LogP contribution in [-0.2, 0) is 14.8 Å². The predicted molar refractivity (Wildman–Crippen MR) is 85.5 cm³/mol. The summed E-state index contributed by atoms with van der Waals surface area (Å²) in [6, 6.07) is 11.5. The minimum atomic E-state index is -3.84. The van der Waals surface area contributed by atoms with E-state index in [1.54, 1.807) is 24.3 Å². The first kappa shape index (κ1) is 16.4. The Kier molecular flexibility index (Phi) is 4.39. The third kappa shape index (κ3) is 2.86. The van der Waals surface area contributed by atoms with Crippen molar-refractivity contribution in [2.45, 2.75) is 23.1 Å². The maximum absolute atomic E-state index is 13.0. The van der Waals surface area contributed by atoms with Crippen LogP contribution in [0.25, 0.3) is 10.8 Å². The van der Waals surface area contributed by atoms with Crippen LogP contribution in [0.3, 0.4) is 0 Å². The quantitative estimate of drug-likeness (QED) is 0.856. The molecule has 6 nitrogen and oxygen atoms in total. The fourth-order valence-electron chi connectivity index (χ4n) is 2.84. The summed E-state index contributed by atoms with van der Waals surface area (Å²) in [4.78, 5) is 0.172. The standard InChI is InChI=1S/C16H19NO5S/c1-17(13-9-22-10-14(18)16(13)19)23(20,21)15-8-4-6-11-5-2-3-7-12(11)15/h2-8,13-14,16,18-19H,9-10H2,1H3/t13-,14-,16+/m1/s1. The zero-order valence-electron chi connectivity index (χ0n) is 12.7. The van der Waals surface area contributed by atoms with E-state index < -0.39 is 28.3 Å². The largest absolute Gasteiger partial charge is 0.389 e. The van der Waals surface area contributed by atoms with Crippen LogP contribution in [0.5, 0.6) is 0 Å². The van der Waals surface area contributed by atoms with Gasteiger partial charge < -0.3 is 14.9 Å². The number of nitrogens with zero attached hydrogens (tertiary/aromatic N) is 1. The Hall–Kier alpha value is -1.51. The summed E-state index contributed by atoms with van der Waals surface area (Å²) in [6.07, 6.45) is -2.28. The van der Waals surface area contributed by atoms with Gasteiger partial charge in [-0.2, -0.15) is 4.31 Å². The van der Waals surface area contributed by atoms with Gasteiger partial charge in [0, 0.05) is 12.4 Å². The highest BCUT2D eigenvalue weighted by Gasteiger charge is 2.39. The average Bonchev–Trinajstić information content (AvgIpc) is 2.56. The molecular formula is C16H19NO5S. The van der Waals surface area contributed by atoms with Gasteiger partial charge in [-0.25, -0.2) is 8.42 Å². The average molecular weight is 337 g/mol. The Balaban J connectivity index is 2.03. The van der Waals surface area contributed by atoms with Crippen LogP contribution in [0.2, 0.25) is 0 Å². The normalized spacial score (nSPS) is 25.8. The lowest BCUT2D eigenvalue weighted by atomic mass is 10.0. The first-order chi connectivity index (χ1) is 10.9. The smallest absolute Gasteiger partial charge is 0.243 e. The maximum Gasteiger partial charge on any atom is 0.243 e. The summed E-state index contributed by atoms with van der Waals surface area (Å²) in [5.41, 5.74) is 0. The molecule has 0 saturated carbocycles. The molecule has 1 fully saturated rings. The maximum atomic E-state index is 13.0. The lowest BCUT2D eigenvalue weighted by Crippen LogP contribution is -2.56. The molecule has 7 heteroatoms. The first-order valence-corrected chi connectivity index (χ1v) is 8.76. The summed E-state index contributed by atoms with van der Waals surface area (Å²) in [5.74, 6) is 0. The van der Waals surface area contributed by atoms with E-state index in [-0.39, 0.29) is 18.1 Å². The lowest BCUT2D eigenvalue weighted by Gasteiger charge is -2.36. The molecular weight excluding hydrogens is 318 g/mol. The summed E-state index contributed by atoms with van der Waals surface area (Å²) in [6.45, 7) is 0.0402. The van der Waals surface area contributed by atoms with Gasteiger partial charge in [-0.1, -0.05) is 36.4 Å². The van der Waals surface area contributed by atoms with Gasteiger partial charge >= 0.3 is 0 Å². The van der Waals surface area contributed by atoms with Crippen LogP contribution in [0, 0.1) is 0 Å². The van der Waals surface area contributed by atoms with E-state index in [9.17, 15) is 18.6 Å². The second-order valence-electron chi connectivity index (χ2n) is 5.66. The fourth-order valence-corrected chi connectivity index (χ4v) is 4.40. The molecule has 1 heterocycles. The highest BCUT2D eigenvalue weighted by atomic mass is 32.2. The third-order valence-corrected chi connectivity index (χ3v) is 6.18. The van der Waals surface area contributed by atoms with Crippen LogP contribution in [0.15, 0.2) is 47.4 Å². The van der Waals surface area contributed by atoms with Gasteiger partial charge in [0.1, 0.15) is 12.2 Å². The number of ether oxygens (including phenoxy) is 1. The van der Waals surface area contributed by atoms with Crippen LogP contribution < -0.4 is 0 Å². The van der Waals surface area contributed by atoms with Gasteiger partial charge in [0.25, 0.3) is 0 Å². The molecule has 0 unspecified atom stereocenters. The number of aliphatic hydroxyl groups excluding tert-OH is 2. The van der Waals surface area contributed by atoms with Gasteiger partial charge in [-0.15, -0.1) is 0 Å². The molecule has 1 saturated heterocycles. The summed E-state index contributed by atoms with van der Waals surface area (Å²) in [7, 11) is -2.44. The molecule has 23 heavy (non-hydrogen) atoms. The minimum absolute atomic E-state index is 0.000177. The summed E-state index contributed by atoms with van der Waals surface area (Å²) in [5, 5.41) is 21.2. The predicted octanol–water partition coefficient (Wildman–Crippen LogP) is 0.581. The molecule has 1 aliphatic heterocycles. The van der Waals surface area contributed by atoms with Crippen molar-refractivity contribution in [3.8, 4) is 0 Å². The van der Waals surface area contributed by atoms with Crippen molar-refractivity contribution < 1.29 is 23.4 Å². The number of hydrogen-bond acceptors (Lipinski definition) is 5. The molecule has 2 aromatic rings. The fraction of sp³-hybridized carbons (Fsp3) is 0.375. The molecule has 1 aliphatic rings. The van der Waals surface area contributed by atoms with E-state index >= 15 is 0 Å². The number of hydrogen-bond donors (Lipinski definition) is 2. The van der Waals surface area contributed by atoms with Crippen molar-refractivity contribution in [2.75, 3.05) is 20.3 Å². The highest BCUT2D eigenvalue weighted by molar-refractivity contribution is 7.89. The summed E-state index contributed by atoms with van der Waals surface area (Å²) >= 11 is 0. The molecule has 0 bridgehead atoms. The second-order valence-corrected chi connectivity index (χ2v) is 7.63. The second kappa shape index (κ2) is 6.18. The zero-order chi connectivity index (χ0) is 16.6. The molecule has 3 rings (SSSR count). The van der Waals surface area contributed by atoms with Crippen molar-refractivity contribution in [2.24, 2.45) is 0 Å². The van der Waals surface area contributed by atoms with Gasteiger partial charge in [-0.3, -0.25) is 0 Å². The zero-order valence-corrected chi connectivity index (χ0v) is 13.5. The van der Waals surface area contributed by atoms with Crippen molar-refractivity contribution in [1.82, 2.24) is 4.31 Å². The Labute approximate surface area is 135 Å². The number of benzene rings is 2. The molecule has 124 valence electrons.